The molecule has 4 saturated carbocycles. The highest BCUT2D eigenvalue weighted by Gasteiger charge is 2.64. The third kappa shape index (κ3) is 2.11. The van der Waals surface area contributed by atoms with Crippen molar-refractivity contribution in [2.24, 2.45) is 34.5 Å². The van der Waals surface area contributed by atoms with E-state index in [4.69, 9.17) is 0 Å². The Morgan fingerprint density at radius 3 is 2.17 bits per heavy atom. The van der Waals surface area contributed by atoms with Gasteiger partial charge in [-0.2, -0.15) is 0 Å². The summed E-state index contributed by atoms with van der Waals surface area (Å²) in [7, 11) is 0. The zero-order chi connectivity index (χ0) is 16.6. The molecule has 4 fully saturated rings. The highest BCUT2D eigenvalue weighted by atomic mass is 16.3. The molecule has 4 aliphatic carbocycles. The Hall–Kier alpha value is -0.160. The Labute approximate surface area is 138 Å². The van der Waals surface area contributed by atoms with Crippen molar-refractivity contribution in [1.29, 1.82) is 0 Å². The Bertz CT molecular complexity index is 482. The topological polar surface area (TPSA) is 80.9 Å². The van der Waals surface area contributed by atoms with Crippen LogP contribution >= 0.6 is 0 Å². The largest absolute Gasteiger partial charge is 0.393 e. The zero-order valence-electron chi connectivity index (χ0n) is 14.4. The fraction of sp³-hybridized carbons (Fsp3) is 1.00. The number of rotatable bonds is 0. The minimum atomic E-state index is -0.653. The van der Waals surface area contributed by atoms with E-state index in [0.717, 1.165) is 38.5 Å². The van der Waals surface area contributed by atoms with Gasteiger partial charge in [0.25, 0.3) is 0 Å². The van der Waals surface area contributed by atoms with Gasteiger partial charge in [-0.05, 0) is 79.4 Å². The first kappa shape index (κ1) is 16.3. The molecule has 0 aliphatic heterocycles. The maximum Gasteiger partial charge on any atom is 0.0855 e. The molecular formula is C19H32O4. The van der Waals surface area contributed by atoms with Crippen LogP contribution in [0.4, 0.5) is 0 Å². The van der Waals surface area contributed by atoms with Crippen molar-refractivity contribution in [3.8, 4) is 0 Å². The van der Waals surface area contributed by atoms with Gasteiger partial charge in [0.15, 0.2) is 0 Å². The van der Waals surface area contributed by atoms with E-state index in [1.807, 2.05) is 0 Å². The summed E-state index contributed by atoms with van der Waals surface area (Å²) in [6.45, 7) is 4.48. The Morgan fingerprint density at radius 1 is 0.739 bits per heavy atom. The summed E-state index contributed by atoms with van der Waals surface area (Å²) in [5.41, 5.74) is -0.0537. The second-order valence-corrected chi connectivity index (χ2v) is 9.52. The van der Waals surface area contributed by atoms with E-state index in [1.165, 1.54) is 0 Å². The summed E-state index contributed by atoms with van der Waals surface area (Å²) in [5, 5.41) is 41.7. The van der Waals surface area contributed by atoms with Gasteiger partial charge in [-0.3, -0.25) is 0 Å². The summed E-state index contributed by atoms with van der Waals surface area (Å²) in [5.74, 6) is 1.27. The molecule has 4 nitrogen and oxygen atoms in total. The summed E-state index contributed by atoms with van der Waals surface area (Å²) in [6.07, 6.45) is 4.24. The number of fused-ring (bicyclic) bond motifs is 5. The molecule has 4 aliphatic rings. The third-order valence-electron chi connectivity index (χ3n) is 8.63. The quantitative estimate of drug-likeness (QED) is 0.547. The van der Waals surface area contributed by atoms with Crippen LogP contribution in [0.1, 0.15) is 58.8 Å². The lowest BCUT2D eigenvalue weighted by molar-refractivity contribution is -0.177. The number of aliphatic hydroxyl groups is 4. The number of hydrogen-bond acceptors (Lipinski definition) is 4. The standard InChI is InChI=1S/C19H32O4/c1-18-5-3-11(20)7-10(18)8-14(21)16-12(18)4-6-19(2)13(16)9-15(22)17(19)23/h10-17,20-23H,3-9H2,1-2H3/t10-,11+,12?,13?,14-,15-,16?,17+,18-,19-/m0/s1. The minimum absolute atomic E-state index is 0.192. The third-order valence-corrected chi connectivity index (χ3v) is 8.63. The van der Waals surface area contributed by atoms with E-state index in [2.05, 4.69) is 13.8 Å². The lowest BCUT2D eigenvalue weighted by Crippen LogP contribution is -2.58. The predicted molar refractivity (Wildman–Crippen MR) is 86.5 cm³/mol. The van der Waals surface area contributed by atoms with E-state index in [0.29, 0.717) is 18.3 Å². The molecule has 0 amide bonds. The second kappa shape index (κ2) is 5.17. The molecular weight excluding hydrogens is 292 g/mol. The van der Waals surface area contributed by atoms with Gasteiger partial charge in [0, 0.05) is 0 Å². The molecule has 4 rings (SSSR count). The van der Waals surface area contributed by atoms with Crippen molar-refractivity contribution in [2.45, 2.75) is 83.2 Å². The average Bonchev–Trinajstić information content (AvgIpc) is 2.73. The second-order valence-electron chi connectivity index (χ2n) is 9.52. The van der Waals surface area contributed by atoms with Crippen molar-refractivity contribution in [1.82, 2.24) is 0 Å². The molecule has 0 heterocycles. The lowest BCUT2D eigenvalue weighted by Gasteiger charge is -2.61. The van der Waals surface area contributed by atoms with Crippen LogP contribution in [-0.4, -0.2) is 44.8 Å². The monoisotopic (exact) mass is 324 g/mol. The van der Waals surface area contributed by atoms with Crippen LogP contribution in [0.15, 0.2) is 0 Å². The van der Waals surface area contributed by atoms with Crippen LogP contribution < -0.4 is 0 Å². The van der Waals surface area contributed by atoms with Crippen molar-refractivity contribution in [3.63, 3.8) is 0 Å². The maximum atomic E-state index is 10.9. The molecule has 0 aromatic heterocycles. The van der Waals surface area contributed by atoms with Gasteiger partial charge in [0.2, 0.25) is 0 Å². The van der Waals surface area contributed by atoms with Crippen LogP contribution in [0, 0.1) is 34.5 Å². The molecule has 4 N–H and O–H groups in total. The van der Waals surface area contributed by atoms with Crippen molar-refractivity contribution in [3.05, 3.63) is 0 Å². The first-order chi connectivity index (χ1) is 10.8. The van der Waals surface area contributed by atoms with Crippen molar-refractivity contribution in [2.75, 3.05) is 0 Å². The normalized spacial score (nSPS) is 62.3. The van der Waals surface area contributed by atoms with Crippen molar-refractivity contribution >= 4 is 0 Å². The van der Waals surface area contributed by atoms with Gasteiger partial charge in [0.1, 0.15) is 0 Å². The highest BCUT2D eigenvalue weighted by molar-refractivity contribution is 5.13. The fourth-order valence-electron chi connectivity index (χ4n) is 7.19. The van der Waals surface area contributed by atoms with Gasteiger partial charge in [-0.15, -0.1) is 0 Å². The molecule has 0 aromatic rings. The van der Waals surface area contributed by atoms with E-state index >= 15 is 0 Å². The van der Waals surface area contributed by atoms with E-state index in [9.17, 15) is 20.4 Å². The minimum Gasteiger partial charge on any atom is -0.393 e. The summed E-state index contributed by atoms with van der Waals surface area (Å²) >= 11 is 0. The SMILES string of the molecule is C[C@]12CCC3C(C1C[C@H](O)[C@H]2O)[C@@H](O)C[C@@H]1C[C@H](O)CC[C@]31C. The van der Waals surface area contributed by atoms with Gasteiger partial charge >= 0.3 is 0 Å². The number of aliphatic hydroxyl groups excluding tert-OH is 4. The smallest absolute Gasteiger partial charge is 0.0855 e. The van der Waals surface area contributed by atoms with Gasteiger partial charge in [-0.1, -0.05) is 13.8 Å². The lowest BCUT2D eigenvalue weighted by atomic mass is 9.44. The molecule has 0 aromatic carbocycles. The summed E-state index contributed by atoms with van der Waals surface area (Å²) in [4.78, 5) is 0. The molecule has 10 atom stereocenters. The molecule has 132 valence electrons. The Balaban J connectivity index is 1.68. The Morgan fingerprint density at radius 2 is 1.43 bits per heavy atom. The first-order valence-electron chi connectivity index (χ1n) is 9.49. The zero-order valence-corrected chi connectivity index (χ0v) is 14.4. The first-order valence-corrected chi connectivity index (χ1v) is 9.49. The maximum absolute atomic E-state index is 10.9. The van der Waals surface area contributed by atoms with Crippen LogP contribution in [0.2, 0.25) is 0 Å². The van der Waals surface area contributed by atoms with E-state index in [1.54, 1.807) is 0 Å². The molecule has 0 bridgehead atoms. The molecule has 4 heteroatoms. The fourth-order valence-corrected chi connectivity index (χ4v) is 7.19. The molecule has 23 heavy (non-hydrogen) atoms. The van der Waals surface area contributed by atoms with Crippen LogP contribution in [-0.2, 0) is 0 Å². The molecule has 3 unspecified atom stereocenters. The van der Waals surface area contributed by atoms with Gasteiger partial charge < -0.3 is 20.4 Å². The van der Waals surface area contributed by atoms with E-state index < -0.39 is 12.2 Å². The van der Waals surface area contributed by atoms with Gasteiger partial charge in [0.05, 0.1) is 24.4 Å². The Kier molecular flexibility index (Phi) is 3.67. The predicted octanol–water partition coefficient (Wildman–Crippen LogP) is 1.69. The van der Waals surface area contributed by atoms with Crippen LogP contribution in [0.3, 0.4) is 0 Å². The highest BCUT2D eigenvalue weighted by Crippen LogP contribution is 2.66. The molecule has 0 saturated heterocycles. The van der Waals surface area contributed by atoms with Crippen molar-refractivity contribution < 1.29 is 20.4 Å². The summed E-state index contributed by atoms with van der Waals surface area (Å²) in [6, 6.07) is 0. The van der Waals surface area contributed by atoms with Crippen LogP contribution in [0.25, 0.3) is 0 Å². The van der Waals surface area contributed by atoms with Crippen LogP contribution in [0.5, 0.6) is 0 Å². The van der Waals surface area contributed by atoms with E-state index in [-0.39, 0.29) is 34.9 Å². The molecule has 0 radical (unpaired) electrons. The summed E-state index contributed by atoms with van der Waals surface area (Å²) < 4.78 is 0. The average molecular weight is 324 g/mol. The number of hydrogen-bond donors (Lipinski definition) is 4. The van der Waals surface area contributed by atoms with Gasteiger partial charge in [-0.25, -0.2) is 0 Å². The molecule has 0 spiro atoms.